The van der Waals surface area contributed by atoms with E-state index in [1.807, 2.05) is 4.72 Å². The van der Waals surface area contributed by atoms with E-state index >= 15 is 4.39 Å². The van der Waals surface area contributed by atoms with E-state index in [1.54, 1.807) is 0 Å². The fraction of sp³-hybridized carbons (Fsp3) is 0.941. The summed E-state index contributed by atoms with van der Waals surface area (Å²) in [5.41, 5.74) is 0. The van der Waals surface area contributed by atoms with Crippen LogP contribution in [-0.4, -0.2) is 61.7 Å². The Morgan fingerprint density at radius 3 is 2.77 bits per heavy atom. The highest BCUT2D eigenvalue weighted by Crippen LogP contribution is 2.46. The zero-order valence-corrected chi connectivity index (χ0v) is 16.0. The molecule has 0 spiro atoms. The van der Waals surface area contributed by atoms with Crippen molar-refractivity contribution in [2.45, 2.75) is 63.8 Å². The molecule has 3 N–H and O–H groups in total. The monoisotopic (exact) mass is 391 g/mol. The highest BCUT2D eigenvalue weighted by atomic mass is 32.2. The number of halogens is 1. The van der Waals surface area contributed by atoms with Gasteiger partial charge in [-0.25, -0.2) is 9.11 Å². The normalized spacial score (nSPS) is 40.2. The zero-order chi connectivity index (χ0) is 18.9. The maximum absolute atomic E-state index is 15.4. The number of carbonyl (C=O) groups excluding carboxylic acids is 1. The van der Waals surface area contributed by atoms with Crippen LogP contribution in [0.4, 0.5) is 4.39 Å². The number of hydrogen-bond acceptors (Lipinski definition) is 5. The lowest BCUT2D eigenvalue weighted by Gasteiger charge is -2.48. The first-order valence-electron chi connectivity index (χ1n) is 9.68. The number of aliphatic hydroxyl groups is 1. The van der Waals surface area contributed by atoms with E-state index in [0.717, 1.165) is 49.5 Å². The van der Waals surface area contributed by atoms with Crippen LogP contribution in [-0.2, 0) is 15.0 Å². The Morgan fingerprint density at radius 1 is 1.35 bits per heavy atom. The Kier molecular flexibility index (Phi) is 6.21. The van der Waals surface area contributed by atoms with Crippen molar-refractivity contribution < 1.29 is 22.7 Å². The highest BCUT2D eigenvalue weighted by Gasteiger charge is 2.53. The minimum atomic E-state index is -4.05. The van der Waals surface area contributed by atoms with Crippen molar-refractivity contribution in [1.29, 1.82) is 0 Å². The summed E-state index contributed by atoms with van der Waals surface area (Å²) >= 11 is 0. The molecule has 9 heteroatoms. The van der Waals surface area contributed by atoms with Crippen LogP contribution < -0.4 is 10.0 Å². The Labute approximate surface area is 154 Å². The lowest BCUT2D eigenvalue weighted by atomic mass is 9.64. The van der Waals surface area contributed by atoms with Gasteiger partial charge >= 0.3 is 10.2 Å². The van der Waals surface area contributed by atoms with E-state index in [4.69, 9.17) is 0 Å². The van der Waals surface area contributed by atoms with Gasteiger partial charge in [-0.2, -0.15) is 12.7 Å². The molecule has 1 heterocycles. The summed E-state index contributed by atoms with van der Waals surface area (Å²) in [7, 11) is -4.05. The first-order chi connectivity index (χ1) is 12.3. The topological polar surface area (TPSA) is 98.7 Å². The number of amides is 1. The first kappa shape index (κ1) is 20.0. The van der Waals surface area contributed by atoms with Crippen molar-refractivity contribution in [2.75, 3.05) is 19.6 Å². The maximum atomic E-state index is 15.4. The average molecular weight is 392 g/mol. The van der Waals surface area contributed by atoms with Gasteiger partial charge in [-0.05, 0) is 62.9 Å². The molecule has 0 radical (unpaired) electrons. The Morgan fingerprint density at radius 2 is 2.12 bits per heavy atom. The zero-order valence-electron chi connectivity index (χ0n) is 15.2. The van der Waals surface area contributed by atoms with Crippen molar-refractivity contribution in [3.05, 3.63) is 0 Å². The lowest BCUT2D eigenvalue weighted by molar-refractivity contribution is -0.120. The van der Waals surface area contributed by atoms with Crippen molar-refractivity contribution in [3.63, 3.8) is 0 Å². The predicted octanol–water partition coefficient (Wildman–Crippen LogP) is 0.557. The number of fused-ring (bicyclic) bond motifs is 1. The summed E-state index contributed by atoms with van der Waals surface area (Å²) in [5.74, 6) is -0.377. The molecule has 0 bridgehead atoms. The van der Waals surface area contributed by atoms with E-state index in [9.17, 15) is 18.3 Å². The summed E-state index contributed by atoms with van der Waals surface area (Å²) in [5, 5.41) is 13.7. The van der Waals surface area contributed by atoms with Crippen molar-refractivity contribution in [3.8, 4) is 0 Å². The van der Waals surface area contributed by atoms with E-state index in [1.165, 1.54) is 0 Å². The summed E-state index contributed by atoms with van der Waals surface area (Å²) in [6.07, 6.45) is 2.64. The van der Waals surface area contributed by atoms with Gasteiger partial charge in [0.1, 0.15) is 6.17 Å². The number of hydrogen-bond donors (Lipinski definition) is 3. The van der Waals surface area contributed by atoms with Crippen molar-refractivity contribution in [1.82, 2.24) is 14.3 Å². The maximum Gasteiger partial charge on any atom is 0.304 e. The average Bonchev–Trinajstić information content (AvgIpc) is 2.84. The van der Waals surface area contributed by atoms with E-state index in [0.29, 0.717) is 12.3 Å². The summed E-state index contributed by atoms with van der Waals surface area (Å²) in [4.78, 5) is 11.5. The number of nitrogens with one attached hydrogen (secondary N) is 2. The summed E-state index contributed by atoms with van der Waals surface area (Å²) in [6, 6.07) is -1.17. The number of alkyl halides is 1. The number of rotatable bonds is 6. The fourth-order valence-electron chi connectivity index (χ4n) is 4.99. The lowest BCUT2D eigenvalue weighted by Crippen LogP contribution is -2.58. The largest absolute Gasteiger partial charge is 0.391 e. The Hall–Kier alpha value is -0.770. The van der Waals surface area contributed by atoms with Gasteiger partial charge in [0.2, 0.25) is 5.91 Å². The van der Waals surface area contributed by atoms with Crippen LogP contribution in [0, 0.1) is 17.8 Å². The third kappa shape index (κ3) is 4.05. The highest BCUT2D eigenvalue weighted by molar-refractivity contribution is 7.88. The van der Waals surface area contributed by atoms with Crippen LogP contribution in [0.5, 0.6) is 0 Å². The number of carbonyl (C=O) groups is 1. The molecule has 3 aliphatic rings. The van der Waals surface area contributed by atoms with Crippen molar-refractivity contribution in [2.24, 2.45) is 17.8 Å². The van der Waals surface area contributed by atoms with Crippen LogP contribution in [0.2, 0.25) is 0 Å². The van der Waals surface area contributed by atoms with Gasteiger partial charge in [0.25, 0.3) is 0 Å². The molecule has 26 heavy (non-hydrogen) atoms. The molecule has 150 valence electrons. The molecule has 3 rings (SSSR count). The van der Waals surface area contributed by atoms with Gasteiger partial charge < -0.3 is 10.4 Å². The molecule has 6 unspecified atom stereocenters. The molecule has 2 saturated carbocycles. The number of aliphatic hydroxyl groups excluding tert-OH is 1. The Bertz CT molecular complexity index is 615. The van der Waals surface area contributed by atoms with Gasteiger partial charge in [0, 0.05) is 0 Å². The minimum absolute atomic E-state index is 0.0928. The molecule has 1 aliphatic heterocycles. The van der Waals surface area contributed by atoms with Gasteiger partial charge in [-0.1, -0.05) is 13.3 Å². The van der Waals surface area contributed by atoms with E-state index < -0.39 is 41.0 Å². The molecule has 6 atom stereocenters. The molecule has 7 nitrogen and oxygen atoms in total. The second kappa shape index (κ2) is 8.08. The van der Waals surface area contributed by atoms with Crippen LogP contribution in [0.25, 0.3) is 0 Å². The van der Waals surface area contributed by atoms with Gasteiger partial charge in [0.05, 0.1) is 18.7 Å². The molecule has 1 amide bonds. The summed E-state index contributed by atoms with van der Waals surface area (Å²) < 4.78 is 42.3. The standard InChI is InChI=1S/C17H30FN3O4S/c1-2-19-7-3-4-11-5-6-12-9-14(22)17(16(18)13(12)8-11)21-10-15(23)20-26(21,24)25/h11-14,16-17,19,22H,2-10H2,1H3,(H,20,23). The van der Waals surface area contributed by atoms with Gasteiger partial charge in [-0.15, -0.1) is 0 Å². The van der Waals surface area contributed by atoms with Crippen LogP contribution >= 0.6 is 0 Å². The minimum Gasteiger partial charge on any atom is -0.391 e. The smallest absolute Gasteiger partial charge is 0.304 e. The van der Waals surface area contributed by atoms with E-state index in [-0.39, 0.29) is 11.8 Å². The van der Waals surface area contributed by atoms with E-state index in [2.05, 4.69) is 12.2 Å². The molecule has 0 aromatic heterocycles. The van der Waals surface area contributed by atoms with Gasteiger partial charge in [0.15, 0.2) is 0 Å². The molecule has 1 saturated heterocycles. The molecular weight excluding hydrogens is 361 g/mol. The second-order valence-corrected chi connectivity index (χ2v) is 9.54. The third-order valence-electron chi connectivity index (χ3n) is 6.23. The number of nitrogens with zero attached hydrogens (tertiary/aromatic N) is 1. The van der Waals surface area contributed by atoms with Gasteiger partial charge in [-0.3, -0.25) is 4.79 Å². The van der Waals surface area contributed by atoms with Crippen LogP contribution in [0.3, 0.4) is 0 Å². The summed E-state index contributed by atoms with van der Waals surface area (Å²) in [6.45, 7) is 3.56. The third-order valence-corrected chi connectivity index (χ3v) is 7.71. The quantitative estimate of drug-likeness (QED) is 0.575. The molecule has 2 aliphatic carbocycles. The first-order valence-corrected chi connectivity index (χ1v) is 11.1. The molecule has 0 aromatic carbocycles. The molecule has 3 fully saturated rings. The molecular formula is C17H30FN3O4S. The Balaban J connectivity index is 1.67. The SMILES string of the molecule is CCNCCCC1CCC2CC(O)C(N3CC(=O)NS3(=O)=O)C(F)C2C1. The molecule has 0 aromatic rings. The van der Waals surface area contributed by atoms with Crippen LogP contribution in [0.15, 0.2) is 0 Å². The van der Waals surface area contributed by atoms with Crippen molar-refractivity contribution >= 4 is 16.1 Å². The predicted molar refractivity (Wildman–Crippen MR) is 95.2 cm³/mol. The second-order valence-electron chi connectivity index (χ2n) is 7.91. The fourth-order valence-corrected chi connectivity index (χ4v) is 6.32. The van der Waals surface area contributed by atoms with Crippen LogP contribution in [0.1, 0.15) is 45.4 Å².